The number of nitrogens with zero attached hydrogens (tertiary/aromatic N) is 2. The van der Waals surface area contributed by atoms with Gasteiger partial charge in [0.25, 0.3) is 5.91 Å². The summed E-state index contributed by atoms with van der Waals surface area (Å²) in [5.74, 6) is 1.28. The molecular weight excluding hydrogens is 366 g/mol. The van der Waals surface area contributed by atoms with Crippen molar-refractivity contribution in [3.05, 3.63) is 69.9 Å². The average molecular weight is 388 g/mol. The maximum atomic E-state index is 12.3. The zero-order valence-electron chi connectivity index (χ0n) is 15.6. The van der Waals surface area contributed by atoms with Crippen LogP contribution in [0.3, 0.4) is 0 Å². The Morgan fingerprint density at radius 3 is 2.85 bits per heavy atom. The summed E-state index contributed by atoms with van der Waals surface area (Å²) in [6.07, 6.45) is 1.73. The SMILES string of the molecule is CCn1cc(Cl)c(CNC(=O)c2ccc(COc3cc(C)ccc3C)o2)n1. The van der Waals surface area contributed by atoms with Crippen LogP contribution in [0.15, 0.2) is 40.9 Å². The molecule has 0 radical (unpaired) electrons. The fraction of sp³-hybridized carbons (Fsp3) is 0.300. The Morgan fingerprint density at radius 2 is 2.11 bits per heavy atom. The lowest BCUT2D eigenvalue weighted by Gasteiger charge is -2.08. The Bertz CT molecular complexity index is 946. The van der Waals surface area contributed by atoms with E-state index in [0.29, 0.717) is 16.5 Å². The van der Waals surface area contributed by atoms with Gasteiger partial charge in [-0.1, -0.05) is 23.7 Å². The molecule has 6 nitrogen and oxygen atoms in total. The minimum atomic E-state index is -0.324. The lowest BCUT2D eigenvalue weighted by Crippen LogP contribution is -2.22. The lowest BCUT2D eigenvalue weighted by atomic mass is 10.1. The van der Waals surface area contributed by atoms with Crippen molar-refractivity contribution in [2.45, 2.75) is 40.5 Å². The summed E-state index contributed by atoms with van der Waals surface area (Å²) in [6, 6.07) is 9.39. The van der Waals surface area contributed by atoms with Crippen LogP contribution in [-0.4, -0.2) is 15.7 Å². The third kappa shape index (κ3) is 4.71. The maximum absolute atomic E-state index is 12.3. The molecule has 0 atom stereocenters. The number of amides is 1. The van der Waals surface area contributed by atoms with E-state index in [1.165, 1.54) is 0 Å². The Kier molecular flexibility index (Phi) is 5.86. The molecule has 0 bridgehead atoms. The molecular formula is C20H22ClN3O3. The van der Waals surface area contributed by atoms with Gasteiger partial charge in [-0.2, -0.15) is 5.10 Å². The Morgan fingerprint density at radius 1 is 1.30 bits per heavy atom. The molecule has 0 aliphatic heterocycles. The normalized spacial score (nSPS) is 10.8. The average Bonchev–Trinajstić information content (AvgIpc) is 3.27. The summed E-state index contributed by atoms with van der Waals surface area (Å²) in [5.41, 5.74) is 2.80. The fourth-order valence-corrected chi connectivity index (χ4v) is 2.78. The molecule has 0 unspecified atom stereocenters. The fourth-order valence-electron chi connectivity index (χ4n) is 2.56. The molecule has 27 heavy (non-hydrogen) atoms. The summed E-state index contributed by atoms with van der Waals surface area (Å²) < 4.78 is 13.1. The first kappa shape index (κ1) is 19.0. The number of hydrogen-bond donors (Lipinski definition) is 1. The van der Waals surface area contributed by atoms with Crippen molar-refractivity contribution in [3.8, 4) is 5.75 Å². The van der Waals surface area contributed by atoms with Crippen LogP contribution in [0, 0.1) is 13.8 Å². The summed E-state index contributed by atoms with van der Waals surface area (Å²) >= 11 is 6.11. The first-order valence-electron chi connectivity index (χ1n) is 8.75. The number of aromatic nitrogens is 2. The van der Waals surface area contributed by atoms with Crippen LogP contribution < -0.4 is 10.1 Å². The minimum Gasteiger partial charge on any atom is -0.485 e. The van der Waals surface area contributed by atoms with E-state index in [1.54, 1.807) is 23.0 Å². The molecule has 3 rings (SSSR count). The highest BCUT2D eigenvalue weighted by Gasteiger charge is 2.14. The van der Waals surface area contributed by atoms with Gasteiger partial charge in [0, 0.05) is 12.7 Å². The number of furan rings is 1. The van der Waals surface area contributed by atoms with Gasteiger partial charge in [0.2, 0.25) is 0 Å². The summed E-state index contributed by atoms with van der Waals surface area (Å²) in [5, 5.41) is 7.59. The van der Waals surface area contributed by atoms with E-state index in [4.69, 9.17) is 20.8 Å². The number of benzene rings is 1. The smallest absolute Gasteiger partial charge is 0.287 e. The van der Waals surface area contributed by atoms with E-state index in [2.05, 4.69) is 10.4 Å². The second-order valence-corrected chi connectivity index (χ2v) is 6.69. The Balaban J connectivity index is 1.57. The lowest BCUT2D eigenvalue weighted by molar-refractivity contribution is 0.0918. The molecule has 2 aromatic heterocycles. The summed E-state index contributed by atoms with van der Waals surface area (Å²) in [7, 11) is 0. The van der Waals surface area contributed by atoms with E-state index in [9.17, 15) is 4.79 Å². The largest absolute Gasteiger partial charge is 0.485 e. The topological polar surface area (TPSA) is 69.3 Å². The zero-order valence-corrected chi connectivity index (χ0v) is 16.3. The van der Waals surface area contributed by atoms with Crippen molar-refractivity contribution in [1.29, 1.82) is 0 Å². The molecule has 0 saturated carbocycles. The van der Waals surface area contributed by atoms with Gasteiger partial charge >= 0.3 is 0 Å². The summed E-state index contributed by atoms with van der Waals surface area (Å²) in [4.78, 5) is 12.3. The van der Waals surface area contributed by atoms with Crippen molar-refractivity contribution in [2.24, 2.45) is 0 Å². The van der Waals surface area contributed by atoms with Gasteiger partial charge in [0.05, 0.1) is 11.6 Å². The Labute approximate surface area is 163 Å². The maximum Gasteiger partial charge on any atom is 0.287 e. The Hall–Kier alpha value is -2.73. The van der Waals surface area contributed by atoms with E-state index >= 15 is 0 Å². The molecule has 3 aromatic rings. The predicted octanol–water partition coefficient (Wildman–Crippen LogP) is 4.28. The van der Waals surface area contributed by atoms with Gasteiger partial charge in [-0.25, -0.2) is 0 Å². The second-order valence-electron chi connectivity index (χ2n) is 6.29. The molecule has 7 heteroatoms. The first-order chi connectivity index (χ1) is 13.0. The molecule has 0 aliphatic rings. The van der Waals surface area contributed by atoms with Crippen LogP contribution in [0.25, 0.3) is 0 Å². The van der Waals surface area contributed by atoms with Gasteiger partial charge in [0.1, 0.15) is 23.8 Å². The summed E-state index contributed by atoms with van der Waals surface area (Å²) in [6.45, 7) is 7.17. The number of aryl methyl sites for hydroxylation is 3. The number of nitrogens with one attached hydrogen (secondary N) is 1. The monoisotopic (exact) mass is 387 g/mol. The van der Waals surface area contributed by atoms with Crippen LogP contribution in [0.5, 0.6) is 5.75 Å². The highest BCUT2D eigenvalue weighted by molar-refractivity contribution is 6.31. The second kappa shape index (κ2) is 8.31. The van der Waals surface area contributed by atoms with Crippen molar-refractivity contribution < 1.29 is 13.9 Å². The molecule has 0 fully saturated rings. The molecule has 0 aliphatic carbocycles. The van der Waals surface area contributed by atoms with E-state index in [-0.39, 0.29) is 24.8 Å². The number of ether oxygens (including phenoxy) is 1. The van der Waals surface area contributed by atoms with Crippen LogP contribution in [0.1, 0.15) is 40.1 Å². The van der Waals surface area contributed by atoms with Crippen molar-refractivity contribution in [2.75, 3.05) is 0 Å². The quantitative estimate of drug-likeness (QED) is 0.657. The van der Waals surface area contributed by atoms with Crippen molar-refractivity contribution in [3.63, 3.8) is 0 Å². The molecule has 0 saturated heterocycles. The molecule has 1 aromatic carbocycles. The third-order valence-electron chi connectivity index (χ3n) is 4.13. The highest BCUT2D eigenvalue weighted by Crippen LogP contribution is 2.21. The van der Waals surface area contributed by atoms with Gasteiger partial charge in [0.15, 0.2) is 5.76 Å². The van der Waals surface area contributed by atoms with E-state index in [1.807, 2.05) is 39.0 Å². The van der Waals surface area contributed by atoms with E-state index < -0.39 is 0 Å². The van der Waals surface area contributed by atoms with Crippen molar-refractivity contribution in [1.82, 2.24) is 15.1 Å². The van der Waals surface area contributed by atoms with Crippen molar-refractivity contribution >= 4 is 17.5 Å². The van der Waals surface area contributed by atoms with Crippen LogP contribution in [0.4, 0.5) is 0 Å². The molecule has 142 valence electrons. The predicted molar refractivity (Wildman–Crippen MR) is 103 cm³/mol. The number of carbonyl (C=O) groups is 1. The first-order valence-corrected chi connectivity index (χ1v) is 9.13. The zero-order chi connectivity index (χ0) is 19.4. The number of halogens is 1. The highest BCUT2D eigenvalue weighted by atomic mass is 35.5. The molecule has 1 amide bonds. The van der Waals surface area contributed by atoms with E-state index in [0.717, 1.165) is 23.4 Å². The third-order valence-corrected chi connectivity index (χ3v) is 4.44. The number of rotatable bonds is 7. The number of carbonyl (C=O) groups excluding carboxylic acids is 1. The number of hydrogen-bond acceptors (Lipinski definition) is 4. The van der Waals surface area contributed by atoms with Crippen LogP contribution in [-0.2, 0) is 19.7 Å². The van der Waals surface area contributed by atoms with Gasteiger partial charge in [-0.15, -0.1) is 0 Å². The molecule has 2 heterocycles. The van der Waals surface area contributed by atoms with Gasteiger partial charge in [-0.3, -0.25) is 9.48 Å². The van der Waals surface area contributed by atoms with Gasteiger partial charge in [-0.05, 0) is 50.1 Å². The van der Waals surface area contributed by atoms with Gasteiger partial charge < -0.3 is 14.5 Å². The molecule has 1 N–H and O–H groups in total. The minimum absolute atomic E-state index is 0.223. The van der Waals surface area contributed by atoms with Crippen LogP contribution >= 0.6 is 11.6 Å². The standard InChI is InChI=1S/C20H22ClN3O3/c1-4-24-11-16(21)17(23-24)10-22-20(25)18-8-7-15(27-18)12-26-19-9-13(2)5-6-14(19)3/h5-9,11H,4,10,12H2,1-3H3,(H,22,25). The molecule has 0 spiro atoms. The van der Waals surface area contributed by atoms with Crippen LogP contribution in [0.2, 0.25) is 5.02 Å².